The third kappa shape index (κ3) is 4.40. The van der Waals surface area contributed by atoms with E-state index in [1.165, 1.54) is 19.3 Å². The minimum Gasteiger partial charge on any atom is -0.380 e. The van der Waals surface area contributed by atoms with Gasteiger partial charge >= 0.3 is 0 Å². The number of halogens is 2. The number of anilines is 1. The van der Waals surface area contributed by atoms with Crippen LogP contribution in [0.25, 0.3) is 0 Å². The zero-order valence-corrected chi connectivity index (χ0v) is 12.3. The summed E-state index contributed by atoms with van der Waals surface area (Å²) in [5.74, 6) is -1.12. The normalized spacial score (nSPS) is 17.2. The Balaban J connectivity index is 1.89. The Hall–Kier alpha value is -1.67. The van der Waals surface area contributed by atoms with Crippen LogP contribution in [0.3, 0.4) is 0 Å². The predicted octanol–water partition coefficient (Wildman–Crippen LogP) is 3.37. The highest BCUT2D eigenvalue weighted by atomic mass is 19.1. The molecule has 1 aliphatic rings. The molecule has 1 aromatic carbocycles. The van der Waals surface area contributed by atoms with Crippen LogP contribution >= 0.6 is 0 Å². The summed E-state index contributed by atoms with van der Waals surface area (Å²) in [6.45, 7) is 5.75. The number of rotatable bonds is 5. The second kappa shape index (κ2) is 7.37. The number of likely N-dealkylation sites (tertiary alicyclic amines) is 1. The molecule has 3 nitrogen and oxygen atoms in total. The van der Waals surface area contributed by atoms with Gasteiger partial charge < -0.3 is 10.2 Å². The molecule has 5 heteroatoms. The number of nitriles is 1. The first-order valence-corrected chi connectivity index (χ1v) is 7.45. The minimum absolute atomic E-state index is 0.00286. The van der Waals surface area contributed by atoms with E-state index < -0.39 is 11.6 Å². The van der Waals surface area contributed by atoms with Gasteiger partial charge in [0.15, 0.2) is 11.6 Å². The standard InChI is InChI=1S/C16H21F2N3/c1-12(11-21-5-3-2-4-6-21)10-20-16-14(17)7-13(9-19)8-15(16)18/h7-8,12,20H,2-6,10-11H2,1H3. The van der Waals surface area contributed by atoms with E-state index in [0.717, 1.165) is 31.8 Å². The summed E-state index contributed by atoms with van der Waals surface area (Å²) in [6, 6.07) is 3.85. The van der Waals surface area contributed by atoms with Crippen LogP contribution in [-0.2, 0) is 0 Å². The molecule has 1 atom stereocenters. The Morgan fingerprint density at radius 1 is 1.24 bits per heavy atom. The van der Waals surface area contributed by atoms with Crippen molar-refractivity contribution in [2.75, 3.05) is 31.5 Å². The Morgan fingerprint density at radius 2 is 1.86 bits per heavy atom. The van der Waals surface area contributed by atoms with Crippen molar-refractivity contribution in [2.45, 2.75) is 26.2 Å². The van der Waals surface area contributed by atoms with E-state index in [2.05, 4.69) is 17.1 Å². The van der Waals surface area contributed by atoms with Crippen molar-refractivity contribution >= 4 is 5.69 Å². The summed E-state index contributed by atoms with van der Waals surface area (Å²) in [5.41, 5.74) is -0.142. The predicted molar refractivity (Wildman–Crippen MR) is 79.0 cm³/mol. The van der Waals surface area contributed by atoms with Gasteiger partial charge in [-0.1, -0.05) is 13.3 Å². The lowest BCUT2D eigenvalue weighted by Crippen LogP contribution is -2.35. The average molecular weight is 293 g/mol. The molecule has 1 saturated heterocycles. The van der Waals surface area contributed by atoms with Crippen molar-refractivity contribution in [1.82, 2.24) is 4.90 Å². The van der Waals surface area contributed by atoms with Gasteiger partial charge in [0.25, 0.3) is 0 Å². The van der Waals surface area contributed by atoms with E-state index >= 15 is 0 Å². The quantitative estimate of drug-likeness (QED) is 0.904. The second-order valence-electron chi connectivity index (χ2n) is 5.77. The van der Waals surface area contributed by atoms with E-state index in [9.17, 15) is 8.78 Å². The molecule has 1 aromatic rings. The molecular weight excluding hydrogens is 272 g/mol. The fourth-order valence-corrected chi connectivity index (χ4v) is 2.73. The van der Waals surface area contributed by atoms with Crippen LogP contribution in [0.4, 0.5) is 14.5 Å². The lowest BCUT2D eigenvalue weighted by atomic mass is 10.1. The van der Waals surface area contributed by atoms with Crippen LogP contribution in [0, 0.1) is 28.9 Å². The van der Waals surface area contributed by atoms with E-state index in [-0.39, 0.29) is 11.3 Å². The topological polar surface area (TPSA) is 39.1 Å². The van der Waals surface area contributed by atoms with Gasteiger partial charge in [0.05, 0.1) is 11.6 Å². The van der Waals surface area contributed by atoms with Gasteiger partial charge in [0, 0.05) is 13.1 Å². The molecule has 1 fully saturated rings. The van der Waals surface area contributed by atoms with Crippen LogP contribution in [0.2, 0.25) is 0 Å². The summed E-state index contributed by atoms with van der Waals surface area (Å²) >= 11 is 0. The smallest absolute Gasteiger partial charge is 0.150 e. The zero-order valence-electron chi connectivity index (χ0n) is 12.3. The Bertz CT molecular complexity index is 496. The highest BCUT2D eigenvalue weighted by Gasteiger charge is 2.15. The number of hydrogen-bond acceptors (Lipinski definition) is 3. The lowest BCUT2D eigenvalue weighted by Gasteiger charge is -2.29. The third-order valence-electron chi connectivity index (χ3n) is 3.82. The molecule has 114 valence electrons. The summed E-state index contributed by atoms with van der Waals surface area (Å²) in [7, 11) is 0. The highest BCUT2D eigenvalue weighted by molar-refractivity contribution is 5.50. The second-order valence-corrected chi connectivity index (χ2v) is 5.77. The van der Waals surface area contributed by atoms with Gasteiger partial charge in [0.2, 0.25) is 0 Å². The first-order chi connectivity index (χ1) is 10.1. The number of benzene rings is 1. The van der Waals surface area contributed by atoms with Crippen LogP contribution in [0.5, 0.6) is 0 Å². The van der Waals surface area contributed by atoms with E-state index in [1.807, 2.05) is 0 Å². The summed E-state index contributed by atoms with van der Waals surface area (Å²) in [5, 5.41) is 11.5. The molecule has 0 spiro atoms. The molecule has 1 N–H and O–H groups in total. The fraction of sp³-hybridized carbons (Fsp3) is 0.562. The number of hydrogen-bond donors (Lipinski definition) is 1. The van der Waals surface area contributed by atoms with Gasteiger partial charge in [-0.2, -0.15) is 5.26 Å². The summed E-state index contributed by atoms with van der Waals surface area (Å²) in [6.07, 6.45) is 3.77. The molecule has 1 heterocycles. The van der Waals surface area contributed by atoms with Crippen molar-refractivity contribution in [3.63, 3.8) is 0 Å². The van der Waals surface area contributed by atoms with Gasteiger partial charge in [-0.05, 0) is 44.0 Å². The summed E-state index contributed by atoms with van der Waals surface area (Å²) < 4.78 is 27.5. The lowest BCUT2D eigenvalue weighted by molar-refractivity contribution is 0.204. The molecular formula is C16H21F2N3. The van der Waals surface area contributed by atoms with Crippen LogP contribution in [0.1, 0.15) is 31.7 Å². The number of nitrogens with one attached hydrogen (secondary N) is 1. The monoisotopic (exact) mass is 293 g/mol. The van der Waals surface area contributed by atoms with Crippen molar-refractivity contribution in [3.8, 4) is 6.07 Å². The minimum atomic E-state index is -0.711. The highest BCUT2D eigenvalue weighted by Crippen LogP contribution is 2.21. The van der Waals surface area contributed by atoms with Gasteiger partial charge in [-0.3, -0.25) is 0 Å². The van der Waals surface area contributed by atoms with E-state index in [4.69, 9.17) is 5.26 Å². The zero-order chi connectivity index (χ0) is 15.2. The van der Waals surface area contributed by atoms with Crippen LogP contribution in [0.15, 0.2) is 12.1 Å². The number of piperidine rings is 1. The maximum absolute atomic E-state index is 13.7. The molecule has 0 bridgehead atoms. The Kier molecular flexibility index (Phi) is 5.51. The van der Waals surface area contributed by atoms with Gasteiger partial charge in [0.1, 0.15) is 5.69 Å². The first kappa shape index (κ1) is 15.7. The number of nitrogens with zero attached hydrogens (tertiary/aromatic N) is 2. The maximum Gasteiger partial charge on any atom is 0.150 e. The van der Waals surface area contributed by atoms with Crippen LogP contribution < -0.4 is 5.32 Å². The van der Waals surface area contributed by atoms with Crippen LogP contribution in [-0.4, -0.2) is 31.1 Å². The molecule has 1 aliphatic heterocycles. The summed E-state index contributed by atoms with van der Waals surface area (Å²) in [4.78, 5) is 2.40. The van der Waals surface area contributed by atoms with Crippen molar-refractivity contribution in [2.24, 2.45) is 5.92 Å². The fourth-order valence-electron chi connectivity index (χ4n) is 2.73. The molecule has 0 aromatic heterocycles. The Morgan fingerprint density at radius 3 is 2.43 bits per heavy atom. The molecule has 0 saturated carbocycles. The van der Waals surface area contributed by atoms with Crippen molar-refractivity contribution in [3.05, 3.63) is 29.3 Å². The molecule has 0 amide bonds. The molecule has 0 aliphatic carbocycles. The van der Waals surface area contributed by atoms with E-state index in [0.29, 0.717) is 12.5 Å². The molecule has 0 radical (unpaired) electrons. The SMILES string of the molecule is CC(CNc1c(F)cc(C#N)cc1F)CN1CCCCC1. The average Bonchev–Trinajstić information content (AvgIpc) is 2.47. The van der Waals surface area contributed by atoms with Crippen molar-refractivity contribution in [1.29, 1.82) is 5.26 Å². The van der Waals surface area contributed by atoms with Gasteiger partial charge in [-0.25, -0.2) is 8.78 Å². The Labute approximate surface area is 124 Å². The third-order valence-corrected chi connectivity index (χ3v) is 3.82. The molecule has 2 rings (SSSR count). The van der Waals surface area contributed by atoms with E-state index in [1.54, 1.807) is 6.07 Å². The molecule has 21 heavy (non-hydrogen) atoms. The van der Waals surface area contributed by atoms with Crippen molar-refractivity contribution < 1.29 is 8.78 Å². The first-order valence-electron chi connectivity index (χ1n) is 7.45. The van der Waals surface area contributed by atoms with Gasteiger partial charge in [-0.15, -0.1) is 0 Å². The molecule has 1 unspecified atom stereocenters. The maximum atomic E-state index is 13.7. The largest absolute Gasteiger partial charge is 0.380 e.